The zero-order chi connectivity index (χ0) is 21.0. The molecule has 9 heteroatoms. The molecule has 0 saturated carbocycles. The highest BCUT2D eigenvalue weighted by molar-refractivity contribution is 7.80. The number of hydrogen-bond donors (Lipinski definition) is 2. The predicted molar refractivity (Wildman–Crippen MR) is 117 cm³/mol. The molecule has 0 unspecified atom stereocenters. The van der Waals surface area contributed by atoms with Crippen LogP contribution >= 0.6 is 23.6 Å². The number of thiazole rings is 1. The van der Waals surface area contributed by atoms with Crippen molar-refractivity contribution in [1.82, 2.24) is 10.3 Å². The maximum atomic E-state index is 12.7. The molecule has 1 amide bonds. The van der Waals surface area contributed by atoms with Gasteiger partial charge in [0.2, 0.25) is 0 Å². The van der Waals surface area contributed by atoms with E-state index in [4.69, 9.17) is 21.7 Å². The number of thiocarbonyl (C=S) groups is 1. The average molecular weight is 430 g/mol. The minimum atomic E-state index is -0.439. The SMILES string of the molecule is CCOC(=O)c1sc(NC(=S)NC(=O)c2cc3ccccc3cc2OC)nc1C. The summed E-state index contributed by atoms with van der Waals surface area (Å²) in [6.45, 7) is 3.72. The number of aromatic nitrogens is 1. The Balaban J connectivity index is 1.74. The van der Waals surface area contributed by atoms with Crippen LogP contribution in [0, 0.1) is 6.92 Å². The van der Waals surface area contributed by atoms with E-state index in [0.29, 0.717) is 27.0 Å². The number of amides is 1. The van der Waals surface area contributed by atoms with Crippen molar-refractivity contribution < 1.29 is 19.1 Å². The van der Waals surface area contributed by atoms with E-state index in [9.17, 15) is 9.59 Å². The van der Waals surface area contributed by atoms with Crippen LogP contribution in [-0.2, 0) is 4.74 Å². The lowest BCUT2D eigenvalue weighted by molar-refractivity contribution is 0.0531. The average Bonchev–Trinajstić information content (AvgIpc) is 3.06. The maximum absolute atomic E-state index is 12.7. The summed E-state index contributed by atoms with van der Waals surface area (Å²) in [6.07, 6.45) is 0. The molecule has 0 spiro atoms. The van der Waals surface area contributed by atoms with Crippen molar-refractivity contribution in [3.63, 3.8) is 0 Å². The fraction of sp³-hybridized carbons (Fsp3) is 0.200. The van der Waals surface area contributed by atoms with Gasteiger partial charge in [0.25, 0.3) is 5.91 Å². The Morgan fingerprint density at radius 3 is 2.55 bits per heavy atom. The fourth-order valence-corrected chi connectivity index (χ4v) is 3.82. The molecule has 7 nitrogen and oxygen atoms in total. The molecule has 1 heterocycles. The number of carbonyl (C=O) groups is 2. The zero-order valence-electron chi connectivity index (χ0n) is 16.1. The molecule has 3 rings (SSSR count). The van der Waals surface area contributed by atoms with E-state index < -0.39 is 11.9 Å². The van der Waals surface area contributed by atoms with E-state index >= 15 is 0 Å². The van der Waals surface area contributed by atoms with Gasteiger partial charge in [-0.3, -0.25) is 10.1 Å². The molecule has 2 N–H and O–H groups in total. The van der Waals surface area contributed by atoms with Gasteiger partial charge in [-0.15, -0.1) is 0 Å². The third kappa shape index (κ3) is 4.69. The number of anilines is 1. The van der Waals surface area contributed by atoms with Crippen LogP contribution in [0.1, 0.15) is 32.6 Å². The number of esters is 1. The van der Waals surface area contributed by atoms with E-state index in [-0.39, 0.29) is 11.7 Å². The first kappa shape index (κ1) is 20.7. The number of nitrogens with zero attached hydrogens (tertiary/aromatic N) is 1. The summed E-state index contributed by atoms with van der Waals surface area (Å²) in [4.78, 5) is 29.3. The lowest BCUT2D eigenvalue weighted by Gasteiger charge is -2.11. The van der Waals surface area contributed by atoms with Gasteiger partial charge < -0.3 is 14.8 Å². The van der Waals surface area contributed by atoms with Gasteiger partial charge in [0.05, 0.1) is 25.0 Å². The van der Waals surface area contributed by atoms with Gasteiger partial charge in [-0.05, 0) is 49.0 Å². The number of ether oxygens (including phenoxy) is 2. The van der Waals surface area contributed by atoms with Crippen LogP contribution in [0.15, 0.2) is 36.4 Å². The van der Waals surface area contributed by atoms with Gasteiger partial charge in [0.1, 0.15) is 10.6 Å². The highest BCUT2D eigenvalue weighted by atomic mass is 32.1. The van der Waals surface area contributed by atoms with Crippen LogP contribution in [0.25, 0.3) is 10.8 Å². The van der Waals surface area contributed by atoms with Crippen molar-refractivity contribution in [2.24, 2.45) is 0 Å². The molecule has 0 bridgehead atoms. The number of methoxy groups -OCH3 is 1. The van der Waals surface area contributed by atoms with Crippen molar-refractivity contribution >= 4 is 56.4 Å². The van der Waals surface area contributed by atoms with Gasteiger partial charge in [0.15, 0.2) is 10.2 Å². The highest BCUT2D eigenvalue weighted by Gasteiger charge is 2.19. The van der Waals surface area contributed by atoms with Crippen molar-refractivity contribution in [2.45, 2.75) is 13.8 Å². The summed E-state index contributed by atoms with van der Waals surface area (Å²) in [5.41, 5.74) is 0.888. The quantitative estimate of drug-likeness (QED) is 0.469. The fourth-order valence-electron chi connectivity index (χ4n) is 2.70. The molecule has 3 aromatic rings. The molecule has 1 aromatic heterocycles. The first-order valence-corrected chi connectivity index (χ1v) is 9.99. The van der Waals surface area contributed by atoms with E-state index in [0.717, 1.165) is 22.1 Å². The molecule has 0 radical (unpaired) electrons. The van der Waals surface area contributed by atoms with Crippen LogP contribution in [0.2, 0.25) is 0 Å². The first-order valence-electron chi connectivity index (χ1n) is 8.76. The Bertz CT molecular complexity index is 1090. The van der Waals surface area contributed by atoms with E-state index in [1.807, 2.05) is 24.3 Å². The van der Waals surface area contributed by atoms with E-state index in [1.165, 1.54) is 7.11 Å². The second kappa shape index (κ2) is 8.97. The van der Waals surface area contributed by atoms with Crippen LogP contribution in [0.4, 0.5) is 5.13 Å². The standard InChI is InChI=1S/C20H19N3O4S2/c1-4-27-18(25)16-11(2)21-20(29-16)23-19(28)22-17(24)14-9-12-7-5-6-8-13(12)10-15(14)26-3/h5-10H,4H2,1-3H3,(H2,21,22,23,24,28). The van der Waals surface area contributed by atoms with Crippen LogP contribution in [0.3, 0.4) is 0 Å². The van der Waals surface area contributed by atoms with Crippen LogP contribution in [0.5, 0.6) is 5.75 Å². The van der Waals surface area contributed by atoms with Crippen LogP contribution in [-0.4, -0.2) is 35.7 Å². The number of hydrogen-bond acceptors (Lipinski definition) is 7. The van der Waals surface area contributed by atoms with Gasteiger partial charge >= 0.3 is 5.97 Å². The first-order chi connectivity index (χ1) is 13.9. The molecular formula is C20H19N3O4S2. The van der Waals surface area contributed by atoms with E-state index in [1.54, 1.807) is 26.0 Å². The van der Waals surface area contributed by atoms with Crippen molar-refractivity contribution in [1.29, 1.82) is 0 Å². The molecule has 150 valence electrons. The third-order valence-corrected chi connectivity index (χ3v) is 5.27. The Kier molecular flexibility index (Phi) is 6.40. The molecule has 2 aromatic carbocycles. The molecule has 29 heavy (non-hydrogen) atoms. The third-order valence-electron chi connectivity index (χ3n) is 4.02. The minimum Gasteiger partial charge on any atom is -0.496 e. The topological polar surface area (TPSA) is 89.6 Å². The summed E-state index contributed by atoms with van der Waals surface area (Å²) in [5.74, 6) is -0.408. The van der Waals surface area contributed by atoms with E-state index in [2.05, 4.69) is 15.6 Å². The van der Waals surface area contributed by atoms with Gasteiger partial charge in [-0.25, -0.2) is 9.78 Å². The van der Waals surface area contributed by atoms with Gasteiger partial charge in [0, 0.05) is 0 Å². The second-order valence-electron chi connectivity index (χ2n) is 5.96. The molecule has 0 fully saturated rings. The maximum Gasteiger partial charge on any atom is 0.350 e. The number of benzene rings is 2. The summed E-state index contributed by atoms with van der Waals surface area (Å²) >= 11 is 6.33. The summed E-state index contributed by atoms with van der Waals surface area (Å²) in [7, 11) is 1.51. The van der Waals surface area contributed by atoms with Gasteiger partial charge in [-0.2, -0.15) is 0 Å². The number of carbonyl (C=O) groups excluding carboxylic acids is 2. The lowest BCUT2D eigenvalue weighted by atomic mass is 10.1. The zero-order valence-corrected chi connectivity index (χ0v) is 17.7. The number of fused-ring (bicyclic) bond motifs is 1. The normalized spacial score (nSPS) is 10.4. The van der Waals surface area contributed by atoms with Crippen molar-refractivity contribution in [3.05, 3.63) is 52.5 Å². The summed E-state index contributed by atoms with van der Waals surface area (Å²) < 4.78 is 10.4. The Morgan fingerprint density at radius 2 is 1.90 bits per heavy atom. The molecular weight excluding hydrogens is 410 g/mol. The van der Waals surface area contributed by atoms with Gasteiger partial charge in [-0.1, -0.05) is 35.6 Å². The summed E-state index contributed by atoms with van der Waals surface area (Å²) in [5, 5.41) is 7.78. The minimum absolute atomic E-state index is 0.0642. The predicted octanol–water partition coefficient (Wildman–Crippen LogP) is 3.92. The Hall–Kier alpha value is -3.04. The number of rotatable bonds is 5. The van der Waals surface area contributed by atoms with Crippen LogP contribution < -0.4 is 15.4 Å². The molecule has 0 saturated heterocycles. The Morgan fingerprint density at radius 1 is 1.21 bits per heavy atom. The monoisotopic (exact) mass is 429 g/mol. The molecule has 0 aliphatic heterocycles. The number of aryl methyl sites for hydroxylation is 1. The van der Waals surface area contributed by atoms with Crippen molar-refractivity contribution in [2.75, 3.05) is 19.0 Å². The second-order valence-corrected chi connectivity index (χ2v) is 7.37. The highest BCUT2D eigenvalue weighted by Crippen LogP contribution is 2.26. The lowest BCUT2D eigenvalue weighted by Crippen LogP contribution is -2.34. The Labute approximate surface area is 177 Å². The number of nitrogens with one attached hydrogen (secondary N) is 2. The smallest absolute Gasteiger partial charge is 0.350 e. The van der Waals surface area contributed by atoms with Crippen molar-refractivity contribution in [3.8, 4) is 5.75 Å². The molecule has 0 atom stereocenters. The molecule has 0 aliphatic carbocycles. The molecule has 0 aliphatic rings. The largest absolute Gasteiger partial charge is 0.496 e. The summed E-state index contributed by atoms with van der Waals surface area (Å²) in [6, 6.07) is 11.2.